The molecule has 1 heterocycles. The molecule has 2 rings (SSSR count). The van der Waals surface area contributed by atoms with Crippen LogP contribution in [0.4, 0.5) is 9.18 Å². The van der Waals surface area contributed by atoms with Crippen LogP contribution in [0.1, 0.15) is 25.3 Å². The molecule has 19 heavy (non-hydrogen) atoms. The number of urea groups is 1. The lowest BCUT2D eigenvalue weighted by atomic mass is 10.1. The van der Waals surface area contributed by atoms with Crippen molar-refractivity contribution in [1.82, 2.24) is 10.2 Å². The maximum absolute atomic E-state index is 12.9. The van der Waals surface area contributed by atoms with Gasteiger partial charge >= 0.3 is 6.03 Å². The summed E-state index contributed by atoms with van der Waals surface area (Å²) in [5.41, 5.74) is 0.545. The van der Waals surface area contributed by atoms with E-state index in [2.05, 4.69) is 5.32 Å². The molecule has 6 heteroatoms. The maximum Gasteiger partial charge on any atom is 0.325 e. The van der Waals surface area contributed by atoms with Gasteiger partial charge in [-0.3, -0.25) is 9.69 Å². The zero-order valence-electron chi connectivity index (χ0n) is 10.5. The Morgan fingerprint density at radius 1 is 1.42 bits per heavy atom. The van der Waals surface area contributed by atoms with Crippen LogP contribution in [0.25, 0.3) is 0 Å². The number of nitrogens with zero attached hydrogens (tertiary/aromatic N) is 1. The van der Waals surface area contributed by atoms with E-state index in [1.165, 1.54) is 18.2 Å². The summed E-state index contributed by atoms with van der Waals surface area (Å²) in [7, 11) is 0. The molecule has 1 aromatic carbocycles. The third kappa shape index (κ3) is 2.87. The molecule has 1 aliphatic heterocycles. The number of hydrogen-bond acceptors (Lipinski definition) is 2. The van der Waals surface area contributed by atoms with Crippen molar-refractivity contribution < 1.29 is 14.0 Å². The predicted octanol–water partition coefficient (Wildman–Crippen LogP) is 2.70. The molecule has 1 N–H and O–H groups in total. The van der Waals surface area contributed by atoms with Gasteiger partial charge in [0.25, 0.3) is 5.91 Å². The van der Waals surface area contributed by atoms with Gasteiger partial charge in [0, 0.05) is 5.02 Å². The Bertz CT molecular complexity index is 521. The minimum Gasteiger partial charge on any atom is -0.326 e. The van der Waals surface area contributed by atoms with E-state index >= 15 is 0 Å². The second-order valence-corrected chi connectivity index (χ2v) is 4.86. The summed E-state index contributed by atoms with van der Waals surface area (Å²) in [6.07, 6.45) is 1.42. The summed E-state index contributed by atoms with van der Waals surface area (Å²) < 4.78 is 12.9. The second-order valence-electron chi connectivity index (χ2n) is 4.45. The molecule has 0 aliphatic carbocycles. The SMILES string of the molecule is CCCC1NC(=O)N(Cc2ccc(F)cc2Cl)C1=O. The third-order valence-electron chi connectivity index (χ3n) is 3.03. The smallest absolute Gasteiger partial charge is 0.325 e. The molecule has 1 unspecified atom stereocenters. The first-order valence-corrected chi connectivity index (χ1v) is 6.46. The summed E-state index contributed by atoms with van der Waals surface area (Å²) in [5, 5.41) is 2.83. The number of carbonyl (C=O) groups excluding carboxylic acids is 2. The van der Waals surface area contributed by atoms with Crippen LogP contribution < -0.4 is 5.32 Å². The van der Waals surface area contributed by atoms with Crippen molar-refractivity contribution in [2.24, 2.45) is 0 Å². The van der Waals surface area contributed by atoms with Gasteiger partial charge in [-0.25, -0.2) is 9.18 Å². The van der Waals surface area contributed by atoms with Gasteiger partial charge in [0.1, 0.15) is 11.9 Å². The number of carbonyl (C=O) groups is 2. The fourth-order valence-electron chi connectivity index (χ4n) is 2.03. The quantitative estimate of drug-likeness (QED) is 0.864. The zero-order chi connectivity index (χ0) is 14.0. The average molecular weight is 285 g/mol. The largest absolute Gasteiger partial charge is 0.326 e. The molecule has 1 atom stereocenters. The molecule has 0 radical (unpaired) electrons. The number of halogens is 2. The number of imide groups is 1. The van der Waals surface area contributed by atoms with Gasteiger partial charge in [0.05, 0.1) is 6.54 Å². The predicted molar refractivity (Wildman–Crippen MR) is 69.2 cm³/mol. The summed E-state index contributed by atoms with van der Waals surface area (Å²) in [6.45, 7) is 2.00. The standard InChI is InChI=1S/C13H14ClFN2O2/c1-2-3-11-12(18)17(13(19)16-11)7-8-4-5-9(15)6-10(8)14/h4-6,11H,2-3,7H2,1H3,(H,16,19). The van der Waals surface area contributed by atoms with Gasteiger partial charge in [-0.15, -0.1) is 0 Å². The van der Waals surface area contributed by atoms with Crippen molar-refractivity contribution in [2.45, 2.75) is 32.4 Å². The van der Waals surface area contributed by atoms with Crippen LogP contribution in [-0.2, 0) is 11.3 Å². The van der Waals surface area contributed by atoms with Crippen molar-refractivity contribution in [3.05, 3.63) is 34.6 Å². The van der Waals surface area contributed by atoms with Crippen LogP contribution >= 0.6 is 11.6 Å². The van der Waals surface area contributed by atoms with E-state index in [4.69, 9.17) is 11.6 Å². The first kappa shape index (κ1) is 13.8. The lowest BCUT2D eigenvalue weighted by Gasteiger charge is -2.14. The lowest BCUT2D eigenvalue weighted by Crippen LogP contribution is -2.31. The molecule has 1 fully saturated rings. The van der Waals surface area contributed by atoms with Gasteiger partial charge in [-0.2, -0.15) is 0 Å². The Balaban J connectivity index is 2.14. The van der Waals surface area contributed by atoms with Crippen LogP contribution in [0, 0.1) is 5.82 Å². The number of nitrogens with one attached hydrogen (secondary N) is 1. The van der Waals surface area contributed by atoms with E-state index in [9.17, 15) is 14.0 Å². The first-order valence-electron chi connectivity index (χ1n) is 6.08. The third-order valence-corrected chi connectivity index (χ3v) is 3.38. The molecular weight excluding hydrogens is 271 g/mol. The molecule has 102 valence electrons. The highest BCUT2D eigenvalue weighted by atomic mass is 35.5. The van der Waals surface area contributed by atoms with E-state index in [0.29, 0.717) is 12.0 Å². The maximum atomic E-state index is 12.9. The fourth-order valence-corrected chi connectivity index (χ4v) is 2.26. The van der Waals surface area contributed by atoms with Crippen LogP contribution in [0.5, 0.6) is 0 Å². The zero-order valence-corrected chi connectivity index (χ0v) is 11.2. The summed E-state index contributed by atoms with van der Waals surface area (Å²) in [5.74, 6) is -0.706. The van der Waals surface area contributed by atoms with Gasteiger partial charge in [-0.1, -0.05) is 31.0 Å². The summed E-state index contributed by atoms with van der Waals surface area (Å²) >= 11 is 5.89. The van der Waals surface area contributed by atoms with Crippen molar-refractivity contribution in [3.63, 3.8) is 0 Å². The van der Waals surface area contributed by atoms with E-state index in [1.807, 2.05) is 6.92 Å². The van der Waals surface area contributed by atoms with Crippen LogP contribution in [0.15, 0.2) is 18.2 Å². The highest BCUT2D eigenvalue weighted by Gasteiger charge is 2.37. The number of rotatable bonds is 4. The van der Waals surface area contributed by atoms with E-state index in [-0.39, 0.29) is 17.5 Å². The normalized spacial score (nSPS) is 18.9. The van der Waals surface area contributed by atoms with E-state index < -0.39 is 17.9 Å². The first-order chi connectivity index (χ1) is 9.02. The van der Waals surface area contributed by atoms with Crippen molar-refractivity contribution >= 4 is 23.5 Å². The Morgan fingerprint density at radius 2 is 2.16 bits per heavy atom. The van der Waals surface area contributed by atoms with Crippen molar-refractivity contribution in [3.8, 4) is 0 Å². The minimum atomic E-state index is -0.461. The fraction of sp³-hybridized carbons (Fsp3) is 0.385. The summed E-state index contributed by atoms with van der Waals surface area (Å²) in [6, 6.07) is 3.01. The molecule has 3 amide bonds. The molecule has 1 aliphatic rings. The highest BCUT2D eigenvalue weighted by molar-refractivity contribution is 6.31. The topological polar surface area (TPSA) is 49.4 Å². The van der Waals surface area contributed by atoms with Crippen LogP contribution in [0.3, 0.4) is 0 Å². The van der Waals surface area contributed by atoms with E-state index in [0.717, 1.165) is 11.3 Å². The molecule has 1 saturated heterocycles. The molecule has 0 aromatic heterocycles. The lowest BCUT2D eigenvalue weighted by molar-refractivity contribution is -0.128. The van der Waals surface area contributed by atoms with Gasteiger partial charge in [0.15, 0.2) is 0 Å². The monoisotopic (exact) mass is 284 g/mol. The Hall–Kier alpha value is -1.62. The van der Waals surface area contributed by atoms with Crippen LogP contribution in [-0.4, -0.2) is 22.9 Å². The molecule has 0 saturated carbocycles. The molecule has 4 nitrogen and oxygen atoms in total. The Kier molecular flexibility index (Phi) is 4.04. The minimum absolute atomic E-state index is 0.0595. The van der Waals surface area contributed by atoms with Gasteiger partial charge < -0.3 is 5.32 Å². The second kappa shape index (κ2) is 5.57. The average Bonchev–Trinajstić information content (AvgIpc) is 2.60. The van der Waals surface area contributed by atoms with Crippen LogP contribution in [0.2, 0.25) is 5.02 Å². The molecule has 1 aromatic rings. The number of hydrogen-bond donors (Lipinski definition) is 1. The van der Waals surface area contributed by atoms with Gasteiger partial charge in [0.2, 0.25) is 0 Å². The van der Waals surface area contributed by atoms with Crippen molar-refractivity contribution in [1.29, 1.82) is 0 Å². The van der Waals surface area contributed by atoms with Gasteiger partial charge in [-0.05, 0) is 24.1 Å². The summed E-state index contributed by atoms with van der Waals surface area (Å²) in [4.78, 5) is 24.9. The van der Waals surface area contributed by atoms with E-state index in [1.54, 1.807) is 0 Å². The van der Waals surface area contributed by atoms with Crippen molar-refractivity contribution in [2.75, 3.05) is 0 Å². The Labute approximate surface area is 115 Å². The highest BCUT2D eigenvalue weighted by Crippen LogP contribution is 2.21. The molecular formula is C13H14ClFN2O2. The number of amides is 3. The molecule has 0 spiro atoms. The Morgan fingerprint density at radius 3 is 2.79 bits per heavy atom. The number of benzene rings is 1. The molecule has 0 bridgehead atoms.